The molecule has 0 radical (unpaired) electrons. The maximum absolute atomic E-state index is 11.8. The molecule has 1 amide bonds. The molecule has 1 aromatic carbocycles. The fourth-order valence-corrected chi connectivity index (χ4v) is 1.63. The van der Waals surface area contributed by atoms with Crippen molar-refractivity contribution >= 4 is 28.5 Å². The Kier molecular flexibility index (Phi) is 2.88. The molecule has 0 N–H and O–H groups in total. The number of rotatable bonds is 2. The second-order valence-corrected chi connectivity index (χ2v) is 4.05. The molecular formula is C12H12ClNO2. The highest BCUT2D eigenvalue weighted by molar-refractivity contribution is 6.31. The predicted octanol–water partition coefficient (Wildman–Crippen LogP) is 3.18. The quantitative estimate of drug-likeness (QED) is 0.804. The first-order valence-electron chi connectivity index (χ1n) is 5.06. The number of amides is 1. The molecule has 0 spiro atoms. The van der Waals surface area contributed by atoms with Crippen LogP contribution in [0.1, 0.15) is 17.5 Å². The van der Waals surface area contributed by atoms with E-state index in [9.17, 15) is 4.79 Å². The maximum atomic E-state index is 11.8. The molecule has 2 rings (SSSR count). The monoisotopic (exact) mass is 237 g/mol. The highest BCUT2D eigenvalue weighted by Crippen LogP contribution is 2.23. The highest BCUT2D eigenvalue weighted by atomic mass is 35.5. The Bertz CT molecular complexity index is 533. The van der Waals surface area contributed by atoms with Crippen LogP contribution in [0.5, 0.6) is 0 Å². The molecule has 2 aromatic rings. The molecule has 0 aliphatic rings. The standard InChI is InChI=1S/C12H12ClNO2/c1-3-14(2)12(15)11-7-8-6-9(13)4-5-10(8)16-11/h4-7H,3H2,1-2H3. The largest absolute Gasteiger partial charge is 0.451 e. The van der Waals surface area contributed by atoms with Crippen molar-refractivity contribution in [1.29, 1.82) is 0 Å². The van der Waals surface area contributed by atoms with Crippen molar-refractivity contribution in [2.24, 2.45) is 0 Å². The molecule has 0 unspecified atom stereocenters. The number of carbonyl (C=O) groups excluding carboxylic acids is 1. The van der Waals surface area contributed by atoms with Crippen LogP contribution in [0.2, 0.25) is 5.02 Å². The topological polar surface area (TPSA) is 33.5 Å². The first-order chi connectivity index (χ1) is 7.61. The van der Waals surface area contributed by atoms with Crippen molar-refractivity contribution in [3.05, 3.63) is 35.0 Å². The molecule has 16 heavy (non-hydrogen) atoms. The minimum absolute atomic E-state index is 0.116. The van der Waals surface area contributed by atoms with Gasteiger partial charge < -0.3 is 9.32 Å². The first-order valence-corrected chi connectivity index (χ1v) is 5.44. The van der Waals surface area contributed by atoms with E-state index in [1.54, 1.807) is 36.2 Å². The third kappa shape index (κ3) is 1.91. The van der Waals surface area contributed by atoms with Gasteiger partial charge in [-0.2, -0.15) is 0 Å². The smallest absolute Gasteiger partial charge is 0.289 e. The van der Waals surface area contributed by atoms with Gasteiger partial charge in [-0.1, -0.05) is 11.6 Å². The lowest BCUT2D eigenvalue weighted by Crippen LogP contribution is -2.25. The molecule has 0 aliphatic heterocycles. The number of halogens is 1. The Hall–Kier alpha value is -1.48. The molecular weight excluding hydrogens is 226 g/mol. The van der Waals surface area contributed by atoms with E-state index >= 15 is 0 Å². The molecule has 1 aromatic heterocycles. The minimum Gasteiger partial charge on any atom is -0.451 e. The number of benzene rings is 1. The van der Waals surface area contributed by atoms with Gasteiger partial charge in [0.25, 0.3) is 5.91 Å². The predicted molar refractivity (Wildman–Crippen MR) is 63.9 cm³/mol. The summed E-state index contributed by atoms with van der Waals surface area (Å²) in [5.41, 5.74) is 0.678. The molecule has 1 heterocycles. The summed E-state index contributed by atoms with van der Waals surface area (Å²) in [7, 11) is 1.74. The van der Waals surface area contributed by atoms with E-state index in [0.717, 1.165) is 5.39 Å². The van der Waals surface area contributed by atoms with Crippen molar-refractivity contribution in [3.63, 3.8) is 0 Å². The van der Waals surface area contributed by atoms with Crippen LogP contribution in [0.3, 0.4) is 0 Å². The SMILES string of the molecule is CCN(C)C(=O)c1cc2cc(Cl)ccc2o1. The first kappa shape index (κ1) is 11.0. The molecule has 0 aliphatic carbocycles. The third-order valence-electron chi connectivity index (χ3n) is 2.51. The van der Waals surface area contributed by atoms with Crippen LogP contribution >= 0.6 is 11.6 Å². The van der Waals surface area contributed by atoms with Gasteiger partial charge in [-0.25, -0.2) is 0 Å². The lowest BCUT2D eigenvalue weighted by Gasteiger charge is -2.11. The minimum atomic E-state index is -0.116. The molecule has 84 valence electrons. The van der Waals surface area contributed by atoms with Crippen LogP contribution < -0.4 is 0 Å². The van der Waals surface area contributed by atoms with Crippen LogP contribution in [0.4, 0.5) is 0 Å². The van der Waals surface area contributed by atoms with E-state index in [2.05, 4.69) is 0 Å². The van der Waals surface area contributed by atoms with Crippen molar-refractivity contribution < 1.29 is 9.21 Å². The van der Waals surface area contributed by atoms with Crippen LogP contribution in [-0.4, -0.2) is 24.4 Å². The van der Waals surface area contributed by atoms with Crippen molar-refractivity contribution in [2.45, 2.75) is 6.92 Å². The van der Waals surface area contributed by atoms with Crippen LogP contribution in [-0.2, 0) is 0 Å². The number of hydrogen-bond acceptors (Lipinski definition) is 2. The van der Waals surface area contributed by atoms with E-state index in [1.165, 1.54) is 0 Å². The molecule has 3 nitrogen and oxygen atoms in total. The van der Waals surface area contributed by atoms with Gasteiger partial charge in [-0.3, -0.25) is 4.79 Å². The van der Waals surface area contributed by atoms with Crippen molar-refractivity contribution in [1.82, 2.24) is 4.90 Å². The number of nitrogens with zero attached hydrogens (tertiary/aromatic N) is 1. The molecule has 0 saturated carbocycles. The van der Waals surface area contributed by atoms with E-state index in [-0.39, 0.29) is 5.91 Å². The summed E-state index contributed by atoms with van der Waals surface area (Å²) >= 11 is 5.86. The zero-order valence-corrected chi connectivity index (χ0v) is 9.91. The zero-order chi connectivity index (χ0) is 11.7. The fourth-order valence-electron chi connectivity index (χ4n) is 1.45. The summed E-state index contributed by atoms with van der Waals surface area (Å²) in [6.45, 7) is 2.56. The van der Waals surface area contributed by atoms with Gasteiger partial charge in [0.1, 0.15) is 5.58 Å². The lowest BCUT2D eigenvalue weighted by atomic mass is 10.2. The summed E-state index contributed by atoms with van der Waals surface area (Å²) in [6, 6.07) is 7.00. The van der Waals surface area contributed by atoms with Crippen LogP contribution in [0.15, 0.2) is 28.7 Å². The van der Waals surface area contributed by atoms with Gasteiger partial charge in [0.05, 0.1) is 0 Å². The average Bonchev–Trinajstić information content (AvgIpc) is 2.69. The van der Waals surface area contributed by atoms with Gasteiger partial charge in [0, 0.05) is 24.0 Å². The van der Waals surface area contributed by atoms with Gasteiger partial charge in [-0.15, -0.1) is 0 Å². The fraction of sp³-hybridized carbons (Fsp3) is 0.250. The summed E-state index contributed by atoms with van der Waals surface area (Å²) in [5, 5.41) is 1.48. The molecule has 0 saturated heterocycles. The molecule has 0 atom stereocenters. The number of furan rings is 1. The molecule has 4 heteroatoms. The zero-order valence-electron chi connectivity index (χ0n) is 9.16. The Morgan fingerprint density at radius 2 is 2.19 bits per heavy atom. The Balaban J connectivity index is 2.43. The Labute approximate surface area is 98.6 Å². The summed E-state index contributed by atoms with van der Waals surface area (Å²) in [6.07, 6.45) is 0. The van der Waals surface area contributed by atoms with E-state index in [4.69, 9.17) is 16.0 Å². The van der Waals surface area contributed by atoms with Gasteiger partial charge in [-0.05, 0) is 31.2 Å². The lowest BCUT2D eigenvalue weighted by molar-refractivity contribution is 0.0773. The van der Waals surface area contributed by atoms with Crippen LogP contribution in [0.25, 0.3) is 11.0 Å². The van der Waals surface area contributed by atoms with Crippen molar-refractivity contribution in [3.8, 4) is 0 Å². The summed E-state index contributed by atoms with van der Waals surface area (Å²) in [4.78, 5) is 13.4. The number of carbonyl (C=O) groups is 1. The Morgan fingerprint density at radius 1 is 1.44 bits per heavy atom. The van der Waals surface area contributed by atoms with Crippen LogP contribution in [0, 0.1) is 0 Å². The highest BCUT2D eigenvalue weighted by Gasteiger charge is 2.15. The summed E-state index contributed by atoms with van der Waals surface area (Å²) < 4.78 is 5.46. The van der Waals surface area contributed by atoms with E-state index in [0.29, 0.717) is 22.9 Å². The van der Waals surface area contributed by atoms with E-state index in [1.807, 2.05) is 6.92 Å². The number of fused-ring (bicyclic) bond motifs is 1. The molecule has 0 bridgehead atoms. The number of hydrogen-bond donors (Lipinski definition) is 0. The van der Waals surface area contributed by atoms with E-state index < -0.39 is 0 Å². The normalized spacial score (nSPS) is 10.7. The second kappa shape index (κ2) is 4.18. The second-order valence-electron chi connectivity index (χ2n) is 3.61. The van der Waals surface area contributed by atoms with Gasteiger partial charge >= 0.3 is 0 Å². The summed E-state index contributed by atoms with van der Waals surface area (Å²) in [5.74, 6) is 0.233. The molecule has 0 fully saturated rings. The average molecular weight is 238 g/mol. The maximum Gasteiger partial charge on any atom is 0.289 e. The van der Waals surface area contributed by atoms with Gasteiger partial charge in [0.15, 0.2) is 5.76 Å². The third-order valence-corrected chi connectivity index (χ3v) is 2.75. The van der Waals surface area contributed by atoms with Crippen molar-refractivity contribution in [2.75, 3.05) is 13.6 Å². The van der Waals surface area contributed by atoms with Gasteiger partial charge in [0.2, 0.25) is 0 Å². The Morgan fingerprint density at radius 3 is 2.88 bits per heavy atom.